The van der Waals surface area contributed by atoms with E-state index in [1.807, 2.05) is 0 Å². The number of hydrogen-bond donors (Lipinski definition) is 0. The molecule has 1 aliphatic carbocycles. The molecule has 8 rings (SSSR count). The largest absolute Gasteiger partial charge is 0.456 e. The van der Waals surface area contributed by atoms with Crippen molar-refractivity contribution in [2.24, 2.45) is 0 Å². The lowest BCUT2D eigenvalue weighted by Gasteiger charge is -2.28. The highest BCUT2D eigenvalue weighted by molar-refractivity contribution is 6.09. The summed E-state index contributed by atoms with van der Waals surface area (Å²) in [5.74, 6) is 0. The van der Waals surface area contributed by atoms with Gasteiger partial charge in [-0.25, -0.2) is 0 Å². The van der Waals surface area contributed by atoms with Gasteiger partial charge in [-0.15, -0.1) is 0 Å². The molecular formula is C47H45NO. The Morgan fingerprint density at radius 1 is 0.510 bits per heavy atom. The third kappa shape index (κ3) is 5.17. The Kier molecular flexibility index (Phi) is 6.99. The molecule has 2 nitrogen and oxygen atoms in total. The molecule has 1 heterocycles. The fourth-order valence-corrected chi connectivity index (χ4v) is 7.77. The van der Waals surface area contributed by atoms with Crippen molar-refractivity contribution in [2.75, 3.05) is 4.90 Å². The zero-order valence-electron chi connectivity index (χ0n) is 30.0. The lowest BCUT2D eigenvalue weighted by molar-refractivity contribution is 0.569. The van der Waals surface area contributed by atoms with Gasteiger partial charge < -0.3 is 9.32 Å². The molecule has 0 aliphatic heterocycles. The number of furan rings is 1. The van der Waals surface area contributed by atoms with Crippen LogP contribution in [0, 0.1) is 0 Å². The maximum absolute atomic E-state index is 6.64. The van der Waals surface area contributed by atoms with Gasteiger partial charge in [0, 0.05) is 33.2 Å². The molecule has 0 radical (unpaired) electrons. The Morgan fingerprint density at radius 2 is 1.12 bits per heavy atom. The Labute approximate surface area is 291 Å². The van der Waals surface area contributed by atoms with Crippen molar-refractivity contribution in [1.82, 2.24) is 0 Å². The first-order valence-corrected chi connectivity index (χ1v) is 17.5. The van der Waals surface area contributed by atoms with Crippen LogP contribution in [0.3, 0.4) is 0 Å². The summed E-state index contributed by atoms with van der Waals surface area (Å²) < 4.78 is 6.64. The Bertz CT molecular complexity index is 2360. The molecule has 0 bridgehead atoms. The minimum absolute atomic E-state index is 0.0159. The minimum atomic E-state index is -0.0954. The second-order valence-corrected chi connectivity index (χ2v) is 16.3. The van der Waals surface area contributed by atoms with E-state index in [0.29, 0.717) is 0 Å². The highest BCUT2D eigenvalue weighted by Gasteiger charge is 2.36. The number of rotatable bonds is 4. The van der Waals surface area contributed by atoms with E-state index >= 15 is 0 Å². The van der Waals surface area contributed by atoms with Gasteiger partial charge in [-0.2, -0.15) is 0 Å². The molecule has 0 unspecified atom stereocenters. The van der Waals surface area contributed by atoms with Crippen LogP contribution in [0.25, 0.3) is 44.2 Å². The van der Waals surface area contributed by atoms with E-state index in [0.717, 1.165) is 33.6 Å². The minimum Gasteiger partial charge on any atom is -0.456 e. The lowest BCUT2D eigenvalue weighted by Crippen LogP contribution is -2.16. The summed E-state index contributed by atoms with van der Waals surface area (Å²) in [6.45, 7) is 18.5. The number of fused-ring (bicyclic) bond motifs is 6. The molecule has 0 fully saturated rings. The van der Waals surface area contributed by atoms with Crippen molar-refractivity contribution in [3.63, 3.8) is 0 Å². The fraction of sp³-hybridized carbons (Fsp3) is 0.234. The van der Waals surface area contributed by atoms with Crippen LogP contribution in [0.5, 0.6) is 0 Å². The van der Waals surface area contributed by atoms with Crippen molar-refractivity contribution >= 4 is 39.0 Å². The normalized spacial score (nSPS) is 13.9. The molecule has 0 N–H and O–H groups in total. The maximum Gasteiger partial charge on any atom is 0.136 e. The van der Waals surface area contributed by atoms with Gasteiger partial charge in [0.15, 0.2) is 0 Å². The molecule has 0 amide bonds. The third-order valence-corrected chi connectivity index (χ3v) is 10.5. The summed E-state index contributed by atoms with van der Waals surface area (Å²) in [6.07, 6.45) is 0. The van der Waals surface area contributed by atoms with Crippen molar-refractivity contribution in [2.45, 2.75) is 71.6 Å². The second kappa shape index (κ2) is 11.0. The molecule has 0 saturated heterocycles. The highest BCUT2D eigenvalue weighted by atomic mass is 16.3. The van der Waals surface area contributed by atoms with Crippen LogP contribution in [-0.2, 0) is 16.2 Å². The van der Waals surface area contributed by atoms with Crippen molar-refractivity contribution in [1.29, 1.82) is 0 Å². The average molecular weight is 640 g/mol. The molecule has 49 heavy (non-hydrogen) atoms. The van der Waals surface area contributed by atoms with Crippen LogP contribution in [0.1, 0.15) is 77.6 Å². The van der Waals surface area contributed by atoms with Crippen LogP contribution in [0.15, 0.2) is 132 Å². The molecule has 0 saturated carbocycles. The van der Waals surface area contributed by atoms with Crippen molar-refractivity contribution in [3.05, 3.63) is 150 Å². The van der Waals surface area contributed by atoms with Gasteiger partial charge in [0.1, 0.15) is 11.2 Å². The first kappa shape index (κ1) is 31.2. The van der Waals surface area contributed by atoms with Gasteiger partial charge in [-0.3, -0.25) is 0 Å². The zero-order chi connectivity index (χ0) is 34.3. The van der Waals surface area contributed by atoms with E-state index < -0.39 is 0 Å². The Morgan fingerprint density at radius 3 is 1.84 bits per heavy atom. The number of anilines is 3. The Hall–Kier alpha value is -5.08. The number of hydrogen-bond acceptors (Lipinski definition) is 2. The number of benzene rings is 6. The molecule has 1 aromatic heterocycles. The molecule has 1 aliphatic rings. The molecule has 244 valence electrons. The third-order valence-electron chi connectivity index (χ3n) is 10.5. The van der Waals surface area contributed by atoms with Gasteiger partial charge in [-0.05, 0) is 104 Å². The highest BCUT2D eigenvalue weighted by Crippen LogP contribution is 2.51. The molecule has 6 aromatic carbocycles. The van der Waals surface area contributed by atoms with Crippen LogP contribution in [0.4, 0.5) is 17.1 Å². The van der Waals surface area contributed by atoms with Gasteiger partial charge in [0.25, 0.3) is 0 Å². The molecule has 0 atom stereocenters. The summed E-state index contributed by atoms with van der Waals surface area (Å²) >= 11 is 0. The van der Waals surface area contributed by atoms with Crippen LogP contribution >= 0.6 is 0 Å². The van der Waals surface area contributed by atoms with E-state index in [-0.39, 0.29) is 16.2 Å². The summed E-state index contributed by atoms with van der Waals surface area (Å²) in [7, 11) is 0. The monoisotopic (exact) mass is 639 g/mol. The SMILES string of the molecule is CC(C)(C)c1cc(C(C)(C)C)c2c(c1)oc1ccc(N(c3ccc(-c4ccccc4)cc3)c3ccc4c(c3)C(C)(C)c3ccccc3-4)cc12. The van der Waals surface area contributed by atoms with E-state index in [1.54, 1.807) is 0 Å². The van der Waals surface area contributed by atoms with E-state index in [9.17, 15) is 0 Å². The van der Waals surface area contributed by atoms with Crippen molar-refractivity contribution in [3.8, 4) is 22.3 Å². The topological polar surface area (TPSA) is 16.4 Å². The lowest BCUT2D eigenvalue weighted by atomic mass is 9.79. The van der Waals surface area contributed by atoms with Gasteiger partial charge in [-0.1, -0.05) is 134 Å². The summed E-state index contributed by atoms with van der Waals surface area (Å²) in [5, 5.41) is 2.36. The van der Waals surface area contributed by atoms with Crippen LogP contribution < -0.4 is 4.90 Å². The quantitative estimate of drug-likeness (QED) is 0.191. The molecule has 2 heteroatoms. The average Bonchev–Trinajstić information content (AvgIpc) is 3.56. The van der Waals surface area contributed by atoms with E-state index in [1.165, 1.54) is 49.9 Å². The standard InChI is InChI=1S/C47H45NO/c1-45(2,3)32-26-41(46(4,5)6)44-38-28-34(23-25-42(38)49-43(44)27-32)48(33-20-18-31(19-21-33)30-14-10-9-11-15-30)35-22-24-37-36-16-12-13-17-39(36)47(7,8)40(37)29-35/h9-29H,1-8H3. The predicted molar refractivity (Wildman–Crippen MR) is 209 cm³/mol. The summed E-state index contributed by atoms with van der Waals surface area (Å²) in [4.78, 5) is 2.41. The van der Waals surface area contributed by atoms with Crippen LogP contribution in [-0.4, -0.2) is 0 Å². The molecule has 0 spiro atoms. The summed E-state index contributed by atoms with van der Waals surface area (Å²) in [6, 6.07) is 46.8. The second-order valence-electron chi connectivity index (χ2n) is 16.3. The first-order valence-electron chi connectivity index (χ1n) is 17.5. The van der Waals surface area contributed by atoms with Crippen LogP contribution in [0.2, 0.25) is 0 Å². The maximum atomic E-state index is 6.64. The molecule has 7 aromatic rings. The number of nitrogens with zero attached hydrogens (tertiary/aromatic N) is 1. The van der Waals surface area contributed by atoms with Gasteiger partial charge in [0.05, 0.1) is 0 Å². The fourth-order valence-electron chi connectivity index (χ4n) is 7.77. The van der Waals surface area contributed by atoms with Gasteiger partial charge >= 0.3 is 0 Å². The van der Waals surface area contributed by atoms with Gasteiger partial charge in [0.2, 0.25) is 0 Å². The predicted octanol–water partition coefficient (Wildman–Crippen LogP) is 13.6. The zero-order valence-corrected chi connectivity index (χ0v) is 30.0. The summed E-state index contributed by atoms with van der Waals surface area (Å²) in [5.41, 5.74) is 15.6. The van der Waals surface area contributed by atoms with E-state index in [4.69, 9.17) is 4.42 Å². The van der Waals surface area contributed by atoms with E-state index in [2.05, 4.69) is 188 Å². The van der Waals surface area contributed by atoms with Crippen molar-refractivity contribution < 1.29 is 4.42 Å². The molecular weight excluding hydrogens is 595 g/mol. The first-order chi connectivity index (χ1) is 23.3. The Balaban J connectivity index is 1.34. The smallest absolute Gasteiger partial charge is 0.136 e.